The molecule has 0 bridgehead atoms. The molecule has 1 atom stereocenters. The number of amides is 1. The summed E-state index contributed by atoms with van der Waals surface area (Å²) in [6.07, 6.45) is 0.427. The first-order chi connectivity index (χ1) is 14.5. The maximum Gasteiger partial charge on any atom is 0.337 e. The molecular weight excluding hydrogens is 382 g/mol. The van der Waals surface area contributed by atoms with Crippen LogP contribution in [0.2, 0.25) is 0 Å². The Morgan fingerprint density at radius 1 is 1.07 bits per heavy atom. The first kappa shape index (κ1) is 21.6. The molecule has 30 heavy (non-hydrogen) atoms. The third-order valence-electron chi connectivity index (χ3n) is 5.43. The van der Waals surface area contributed by atoms with Crippen molar-refractivity contribution in [3.05, 3.63) is 54.1 Å². The lowest BCUT2D eigenvalue weighted by Gasteiger charge is -2.41. The van der Waals surface area contributed by atoms with Crippen LogP contribution in [0.15, 0.2) is 48.5 Å². The molecule has 1 saturated heterocycles. The zero-order valence-electron chi connectivity index (χ0n) is 17.8. The standard InChI is InChI=1S/C23H29N3O4/c1-17-16-26(19-10-8-18(9-11-19)23(28)30-3)15-14-25(17)13-12-22(27)24-20-6-4-5-7-21(20)29-2/h4-11,17H,12-16H2,1-3H3,(H,24,27). The molecule has 1 N–H and O–H groups in total. The molecule has 2 aromatic carbocycles. The van der Waals surface area contributed by atoms with Gasteiger partial charge in [-0.25, -0.2) is 4.79 Å². The number of anilines is 2. The van der Waals surface area contributed by atoms with Crippen LogP contribution in [-0.2, 0) is 9.53 Å². The summed E-state index contributed by atoms with van der Waals surface area (Å²) in [7, 11) is 2.98. The normalized spacial score (nSPS) is 16.8. The highest BCUT2D eigenvalue weighted by Crippen LogP contribution is 2.23. The van der Waals surface area contributed by atoms with Crippen LogP contribution in [0.4, 0.5) is 11.4 Å². The van der Waals surface area contributed by atoms with Crippen LogP contribution in [0, 0.1) is 0 Å². The van der Waals surface area contributed by atoms with E-state index >= 15 is 0 Å². The van der Waals surface area contributed by atoms with Crippen LogP contribution < -0.4 is 15.0 Å². The third kappa shape index (κ3) is 5.30. The molecular formula is C23H29N3O4. The van der Waals surface area contributed by atoms with Crippen molar-refractivity contribution < 1.29 is 19.1 Å². The van der Waals surface area contributed by atoms with E-state index in [0.717, 1.165) is 25.3 Å². The van der Waals surface area contributed by atoms with Crippen molar-refractivity contribution in [1.29, 1.82) is 0 Å². The first-order valence-corrected chi connectivity index (χ1v) is 10.1. The Balaban J connectivity index is 1.49. The van der Waals surface area contributed by atoms with Gasteiger partial charge in [-0.3, -0.25) is 9.69 Å². The van der Waals surface area contributed by atoms with Crippen molar-refractivity contribution >= 4 is 23.3 Å². The number of piperazine rings is 1. The average Bonchev–Trinajstić information content (AvgIpc) is 2.78. The average molecular weight is 412 g/mol. The van der Waals surface area contributed by atoms with Crippen molar-refractivity contribution in [2.75, 3.05) is 50.6 Å². The number of nitrogens with one attached hydrogen (secondary N) is 1. The number of ether oxygens (including phenoxy) is 2. The smallest absolute Gasteiger partial charge is 0.337 e. The highest BCUT2D eigenvalue weighted by Gasteiger charge is 2.24. The molecule has 7 heteroatoms. The van der Waals surface area contributed by atoms with Crippen molar-refractivity contribution in [3.8, 4) is 5.75 Å². The molecule has 0 aromatic heterocycles. The molecule has 0 radical (unpaired) electrons. The summed E-state index contributed by atoms with van der Waals surface area (Å²) in [5.41, 5.74) is 2.33. The highest BCUT2D eigenvalue weighted by molar-refractivity contribution is 5.92. The predicted molar refractivity (Wildman–Crippen MR) is 117 cm³/mol. The number of hydrogen-bond acceptors (Lipinski definition) is 6. The van der Waals surface area contributed by atoms with Gasteiger partial charge in [0, 0.05) is 44.3 Å². The lowest BCUT2D eigenvalue weighted by molar-refractivity contribution is -0.116. The number of nitrogens with zero attached hydrogens (tertiary/aromatic N) is 2. The largest absolute Gasteiger partial charge is 0.495 e. The second-order valence-corrected chi connectivity index (χ2v) is 7.37. The summed E-state index contributed by atoms with van der Waals surface area (Å²) in [6.45, 7) is 5.49. The fourth-order valence-corrected chi connectivity index (χ4v) is 3.69. The quantitative estimate of drug-likeness (QED) is 0.707. The zero-order valence-corrected chi connectivity index (χ0v) is 17.8. The van der Waals surface area contributed by atoms with Crippen molar-refractivity contribution in [1.82, 2.24) is 4.90 Å². The number of hydrogen-bond donors (Lipinski definition) is 1. The Morgan fingerprint density at radius 2 is 1.80 bits per heavy atom. The van der Waals surface area contributed by atoms with Crippen LogP contribution in [0.5, 0.6) is 5.75 Å². The van der Waals surface area contributed by atoms with Gasteiger partial charge in [0.2, 0.25) is 5.91 Å². The number of carbonyl (C=O) groups excluding carboxylic acids is 2. The Hall–Kier alpha value is -3.06. The van der Waals surface area contributed by atoms with E-state index in [4.69, 9.17) is 9.47 Å². The van der Waals surface area contributed by atoms with E-state index in [1.54, 1.807) is 19.2 Å². The van der Waals surface area contributed by atoms with E-state index in [1.165, 1.54) is 7.11 Å². The number of para-hydroxylation sites is 2. The Labute approximate surface area is 177 Å². The summed E-state index contributed by atoms with van der Waals surface area (Å²) in [5, 5.41) is 2.93. The molecule has 1 amide bonds. The summed E-state index contributed by atoms with van der Waals surface area (Å²) in [6, 6.07) is 15.2. The highest BCUT2D eigenvalue weighted by atomic mass is 16.5. The van der Waals surface area contributed by atoms with Crippen molar-refractivity contribution in [3.63, 3.8) is 0 Å². The molecule has 0 aliphatic carbocycles. The van der Waals surface area contributed by atoms with E-state index in [1.807, 2.05) is 36.4 Å². The maximum atomic E-state index is 12.4. The fourth-order valence-electron chi connectivity index (χ4n) is 3.69. The molecule has 1 aliphatic heterocycles. The van der Waals surface area contributed by atoms with Crippen LogP contribution in [0.1, 0.15) is 23.7 Å². The molecule has 2 aromatic rings. The van der Waals surface area contributed by atoms with Gasteiger partial charge >= 0.3 is 5.97 Å². The van der Waals surface area contributed by atoms with E-state index in [9.17, 15) is 9.59 Å². The number of rotatable bonds is 7. The molecule has 3 rings (SSSR count). The number of carbonyl (C=O) groups is 2. The van der Waals surface area contributed by atoms with E-state index < -0.39 is 0 Å². The number of benzene rings is 2. The second kappa shape index (κ2) is 10.1. The number of methoxy groups -OCH3 is 2. The van der Waals surface area contributed by atoms with Gasteiger partial charge in [0.05, 0.1) is 25.5 Å². The molecule has 1 heterocycles. The van der Waals surface area contributed by atoms with Gasteiger partial charge < -0.3 is 19.7 Å². The third-order valence-corrected chi connectivity index (χ3v) is 5.43. The minimum Gasteiger partial charge on any atom is -0.495 e. The van der Waals surface area contributed by atoms with Crippen LogP contribution in [-0.4, -0.2) is 63.2 Å². The molecule has 0 spiro atoms. The van der Waals surface area contributed by atoms with Gasteiger partial charge in [0.25, 0.3) is 0 Å². The van der Waals surface area contributed by atoms with Gasteiger partial charge in [0.1, 0.15) is 5.75 Å². The lowest BCUT2D eigenvalue weighted by atomic mass is 10.1. The van der Waals surface area contributed by atoms with E-state index in [-0.39, 0.29) is 11.9 Å². The Bertz CT molecular complexity index is 869. The summed E-state index contributed by atoms with van der Waals surface area (Å²) in [5.74, 6) is 0.310. The molecule has 1 fully saturated rings. The Kier molecular flexibility index (Phi) is 7.30. The lowest BCUT2D eigenvalue weighted by Crippen LogP contribution is -2.52. The van der Waals surface area contributed by atoms with Gasteiger partial charge in [-0.15, -0.1) is 0 Å². The fraction of sp³-hybridized carbons (Fsp3) is 0.391. The van der Waals surface area contributed by atoms with Gasteiger partial charge in [0.15, 0.2) is 0 Å². The number of esters is 1. The predicted octanol–water partition coefficient (Wildman–Crippen LogP) is 3.02. The summed E-state index contributed by atoms with van der Waals surface area (Å²) >= 11 is 0. The molecule has 0 saturated carbocycles. The van der Waals surface area contributed by atoms with E-state index in [0.29, 0.717) is 36.0 Å². The first-order valence-electron chi connectivity index (χ1n) is 10.1. The molecule has 160 valence electrons. The molecule has 1 unspecified atom stereocenters. The minimum atomic E-state index is -0.328. The van der Waals surface area contributed by atoms with Gasteiger partial charge in [-0.2, -0.15) is 0 Å². The summed E-state index contributed by atoms with van der Waals surface area (Å²) < 4.78 is 10.0. The van der Waals surface area contributed by atoms with Crippen LogP contribution >= 0.6 is 0 Å². The summed E-state index contributed by atoms with van der Waals surface area (Å²) in [4.78, 5) is 28.6. The maximum absolute atomic E-state index is 12.4. The SMILES string of the molecule is COC(=O)c1ccc(N2CCN(CCC(=O)Nc3ccccc3OC)C(C)C2)cc1. The molecule has 1 aliphatic rings. The zero-order chi connectivity index (χ0) is 21.5. The Morgan fingerprint density at radius 3 is 2.47 bits per heavy atom. The monoisotopic (exact) mass is 411 g/mol. The van der Waals surface area contributed by atoms with Crippen molar-refractivity contribution in [2.45, 2.75) is 19.4 Å². The second-order valence-electron chi connectivity index (χ2n) is 7.37. The van der Waals surface area contributed by atoms with Gasteiger partial charge in [-0.1, -0.05) is 12.1 Å². The molecule has 7 nitrogen and oxygen atoms in total. The minimum absolute atomic E-state index is 0.0208. The van der Waals surface area contributed by atoms with Crippen LogP contribution in [0.3, 0.4) is 0 Å². The van der Waals surface area contributed by atoms with Crippen LogP contribution in [0.25, 0.3) is 0 Å². The topological polar surface area (TPSA) is 71.1 Å². The van der Waals surface area contributed by atoms with E-state index in [2.05, 4.69) is 22.0 Å². The van der Waals surface area contributed by atoms with Gasteiger partial charge in [-0.05, 0) is 43.3 Å². The van der Waals surface area contributed by atoms with Crippen molar-refractivity contribution in [2.24, 2.45) is 0 Å².